The lowest BCUT2D eigenvalue weighted by atomic mass is 9.86. The van der Waals surface area contributed by atoms with Gasteiger partial charge in [-0.1, -0.05) is 32.4 Å². The third kappa shape index (κ3) is 5.30. The minimum atomic E-state index is -0.914. The number of rotatable bonds is 4. The molecule has 1 aliphatic heterocycles. The summed E-state index contributed by atoms with van der Waals surface area (Å²) in [6.45, 7) is 11.4. The van der Waals surface area contributed by atoms with E-state index >= 15 is 0 Å². The summed E-state index contributed by atoms with van der Waals surface area (Å²) in [6, 6.07) is 3.24. The molecule has 0 unspecified atom stereocenters. The number of nitrogens with zero attached hydrogens (tertiary/aromatic N) is 2. The molecule has 174 valence electrons. The van der Waals surface area contributed by atoms with Gasteiger partial charge in [-0.25, -0.2) is 13.9 Å². The van der Waals surface area contributed by atoms with Crippen LogP contribution in [0.4, 0.5) is 4.39 Å². The van der Waals surface area contributed by atoms with E-state index in [9.17, 15) is 14.0 Å². The Morgan fingerprint density at radius 1 is 1.25 bits per heavy atom. The fourth-order valence-corrected chi connectivity index (χ4v) is 3.62. The Morgan fingerprint density at radius 3 is 2.56 bits per heavy atom. The van der Waals surface area contributed by atoms with Crippen LogP contribution in [0.25, 0.3) is 5.69 Å². The molecule has 0 saturated carbocycles. The first-order valence-electron chi connectivity index (χ1n) is 10.5. The van der Waals surface area contributed by atoms with E-state index in [0.717, 1.165) is 0 Å². The molecule has 1 amide bonds. The van der Waals surface area contributed by atoms with Crippen molar-refractivity contribution in [1.29, 1.82) is 0 Å². The zero-order valence-electron chi connectivity index (χ0n) is 19.2. The van der Waals surface area contributed by atoms with Gasteiger partial charge < -0.3 is 14.8 Å². The van der Waals surface area contributed by atoms with Gasteiger partial charge in [0.15, 0.2) is 5.69 Å². The van der Waals surface area contributed by atoms with E-state index in [4.69, 9.17) is 21.1 Å². The van der Waals surface area contributed by atoms with Crippen molar-refractivity contribution in [3.8, 4) is 5.69 Å². The maximum atomic E-state index is 14.6. The molecule has 1 atom stereocenters. The number of benzene rings is 1. The molecular weight excluding hydrogens is 437 g/mol. The van der Waals surface area contributed by atoms with Gasteiger partial charge in [-0.05, 0) is 44.4 Å². The zero-order valence-corrected chi connectivity index (χ0v) is 20.0. The van der Waals surface area contributed by atoms with Crippen LogP contribution in [0.5, 0.6) is 0 Å². The Kier molecular flexibility index (Phi) is 6.67. The van der Waals surface area contributed by atoms with Crippen LogP contribution in [0.15, 0.2) is 18.2 Å². The van der Waals surface area contributed by atoms with Crippen LogP contribution in [-0.4, -0.2) is 39.9 Å². The molecule has 3 rings (SSSR count). The molecule has 0 bridgehead atoms. The predicted molar refractivity (Wildman–Crippen MR) is 118 cm³/mol. The van der Waals surface area contributed by atoms with Gasteiger partial charge in [-0.2, -0.15) is 5.10 Å². The van der Waals surface area contributed by atoms with Crippen molar-refractivity contribution >= 4 is 23.5 Å². The average molecular weight is 466 g/mol. The van der Waals surface area contributed by atoms with Crippen molar-refractivity contribution in [3.05, 3.63) is 46.0 Å². The smallest absolute Gasteiger partial charge is 0.329 e. The van der Waals surface area contributed by atoms with Crippen LogP contribution in [-0.2, 0) is 27.3 Å². The molecule has 32 heavy (non-hydrogen) atoms. The van der Waals surface area contributed by atoms with Crippen LogP contribution in [0.3, 0.4) is 0 Å². The molecule has 0 fully saturated rings. The summed E-state index contributed by atoms with van der Waals surface area (Å²) >= 11 is 6.06. The highest BCUT2D eigenvalue weighted by atomic mass is 35.5. The lowest BCUT2D eigenvalue weighted by Crippen LogP contribution is -2.51. The topological polar surface area (TPSA) is 82.5 Å². The van der Waals surface area contributed by atoms with E-state index in [1.807, 2.05) is 20.8 Å². The molecule has 0 saturated heterocycles. The Labute approximate surface area is 192 Å². The molecule has 1 aliphatic rings. The maximum Gasteiger partial charge on any atom is 0.329 e. The van der Waals surface area contributed by atoms with Gasteiger partial charge in [0.1, 0.15) is 23.1 Å². The molecule has 1 aromatic carbocycles. The summed E-state index contributed by atoms with van der Waals surface area (Å²) in [6.07, 6.45) is 0.455. The SMILES string of the molecule is CC(C)(C)OC(=O)[C@@H](NC(=O)c1nn(-c2cc(Cl)ccc2F)c2c1COCC2)C(C)(C)C. The van der Waals surface area contributed by atoms with Crippen molar-refractivity contribution in [3.63, 3.8) is 0 Å². The number of esters is 1. The zero-order chi connectivity index (χ0) is 23.8. The summed E-state index contributed by atoms with van der Waals surface area (Å²) in [7, 11) is 0. The van der Waals surface area contributed by atoms with Crippen LogP contribution in [0.1, 0.15) is 63.3 Å². The molecule has 7 nitrogen and oxygen atoms in total. The van der Waals surface area contributed by atoms with E-state index in [2.05, 4.69) is 10.4 Å². The number of hydrogen-bond donors (Lipinski definition) is 1. The summed E-state index contributed by atoms with van der Waals surface area (Å²) in [4.78, 5) is 26.1. The minimum absolute atomic E-state index is 0.0804. The number of amides is 1. The third-order valence-corrected chi connectivity index (χ3v) is 5.19. The van der Waals surface area contributed by atoms with E-state index in [1.54, 1.807) is 20.8 Å². The monoisotopic (exact) mass is 465 g/mol. The van der Waals surface area contributed by atoms with Gasteiger partial charge in [0.05, 0.1) is 18.9 Å². The van der Waals surface area contributed by atoms with Crippen molar-refractivity contribution in [2.75, 3.05) is 6.61 Å². The van der Waals surface area contributed by atoms with Crippen LogP contribution in [0, 0.1) is 11.2 Å². The van der Waals surface area contributed by atoms with Crippen molar-refractivity contribution in [1.82, 2.24) is 15.1 Å². The maximum absolute atomic E-state index is 14.6. The highest BCUT2D eigenvalue weighted by Gasteiger charge is 2.38. The summed E-state index contributed by atoms with van der Waals surface area (Å²) in [5, 5.41) is 7.53. The quantitative estimate of drug-likeness (QED) is 0.683. The number of nitrogens with one attached hydrogen (secondary N) is 1. The molecule has 0 radical (unpaired) electrons. The van der Waals surface area contributed by atoms with E-state index < -0.39 is 34.8 Å². The second-order valence-electron chi connectivity index (χ2n) is 9.89. The Balaban J connectivity index is 2.00. The molecule has 2 aromatic rings. The summed E-state index contributed by atoms with van der Waals surface area (Å²) in [5.41, 5.74) is 0.142. The second kappa shape index (κ2) is 8.83. The molecule has 0 spiro atoms. The van der Waals surface area contributed by atoms with Crippen LogP contribution in [0.2, 0.25) is 5.02 Å². The van der Waals surface area contributed by atoms with E-state index in [0.29, 0.717) is 29.3 Å². The number of halogens is 2. The molecule has 1 aromatic heterocycles. The van der Waals surface area contributed by atoms with Gasteiger partial charge in [0.25, 0.3) is 5.91 Å². The minimum Gasteiger partial charge on any atom is -0.458 e. The lowest BCUT2D eigenvalue weighted by Gasteiger charge is -2.32. The Bertz CT molecular complexity index is 1040. The molecule has 9 heteroatoms. The van der Waals surface area contributed by atoms with Gasteiger partial charge in [-0.3, -0.25) is 4.79 Å². The molecule has 1 N–H and O–H groups in total. The summed E-state index contributed by atoms with van der Waals surface area (Å²) < 4.78 is 27.0. The van der Waals surface area contributed by atoms with E-state index in [1.165, 1.54) is 22.9 Å². The normalized spacial score (nSPS) is 15.1. The number of aromatic nitrogens is 2. The highest BCUT2D eigenvalue weighted by molar-refractivity contribution is 6.30. The average Bonchev–Trinajstić information content (AvgIpc) is 3.05. The van der Waals surface area contributed by atoms with Gasteiger partial charge >= 0.3 is 5.97 Å². The fraction of sp³-hybridized carbons (Fsp3) is 0.522. The largest absolute Gasteiger partial charge is 0.458 e. The number of fused-ring (bicyclic) bond motifs is 1. The number of hydrogen-bond acceptors (Lipinski definition) is 5. The van der Waals surface area contributed by atoms with Crippen LogP contribution < -0.4 is 5.32 Å². The van der Waals surface area contributed by atoms with Gasteiger partial charge in [-0.15, -0.1) is 0 Å². The second-order valence-corrected chi connectivity index (χ2v) is 10.3. The standard InChI is InChI=1S/C23H29ClFN3O4/c1-22(2,3)19(21(30)32-23(4,5)6)26-20(29)18-14-12-31-10-9-16(14)28(27-18)17-11-13(24)7-8-15(17)25/h7-8,11,19H,9-10,12H2,1-6H3,(H,26,29)/t19-/m1/s1. The fourth-order valence-electron chi connectivity index (χ4n) is 3.46. The van der Waals surface area contributed by atoms with Crippen molar-refractivity contribution in [2.24, 2.45) is 5.41 Å². The first-order valence-corrected chi connectivity index (χ1v) is 10.8. The number of carbonyl (C=O) groups excluding carboxylic acids is 2. The predicted octanol–water partition coefficient (Wildman–Crippen LogP) is 4.22. The first kappa shape index (κ1) is 24.2. The van der Waals surface area contributed by atoms with Gasteiger partial charge in [0, 0.05) is 17.0 Å². The summed E-state index contributed by atoms with van der Waals surface area (Å²) in [5.74, 6) is -1.61. The third-order valence-electron chi connectivity index (χ3n) is 4.95. The van der Waals surface area contributed by atoms with Crippen molar-refractivity contribution < 1.29 is 23.5 Å². The first-order chi connectivity index (χ1) is 14.8. The Morgan fingerprint density at radius 2 is 1.94 bits per heavy atom. The van der Waals surface area contributed by atoms with Crippen LogP contribution >= 0.6 is 11.6 Å². The van der Waals surface area contributed by atoms with Crippen molar-refractivity contribution in [2.45, 2.75) is 66.2 Å². The number of carbonyl (C=O) groups is 2. The molecular formula is C23H29ClFN3O4. The highest BCUT2D eigenvalue weighted by Crippen LogP contribution is 2.28. The van der Waals surface area contributed by atoms with E-state index in [-0.39, 0.29) is 18.0 Å². The Hall–Kier alpha value is -2.45. The number of ether oxygens (including phenoxy) is 2. The molecule has 2 heterocycles. The molecule has 0 aliphatic carbocycles. The lowest BCUT2D eigenvalue weighted by molar-refractivity contribution is -0.160. The van der Waals surface area contributed by atoms with Gasteiger partial charge in [0.2, 0.25) is 0 Å².